The van der Waals surface area contributed by atoms with Crippen molar-refractivity contribution in [3.8, 4) is 11.1 Å². The molecule has 4 rings (SSSR count). The highest BCUT2D eigenvalue weighted by atomic mass is 16.4. The number of allylic oxidation sites excluding steroid dienone is 2. The van der Waals surface area contributed by atoms with Gasteiger partial charge in [-0.15, -0.1) is 0 Å². The summed E-state index contributed by atoms with van der Waals surface area (Å²) in [4.78, 5) is 24.8. The fourth-order valence-electron chi connectivity index (χ4n) is 5.00. The van der Waals surface area contributed by atoms with E-state index in [9.17, 15) is 14.7 Å². The fraction of sp³-hybridized carbons (Fsp3) is 0.379. The van der Waals surface area contributed by atoms with Crippen molar-refractivity contribution in [3.63, 3.8) is 0 Å². The zero-order valence-corrected chi connectivity index (χ0v) is 20.0. The third-order valence-corrected chi connectivity index (χ3v) is 6.96. The first-order valence-electron chi connectivity index (χ1n) is 12.4. The summed E-state index contributed by atoms with van der Waals surface area (Å²) in [6.45, 7) is 3.28. The monoisotopic (exact) mass is 458 g/mol. The Balaban J connectivity index is 1.54. The highest BCUT2D eigenvalue weighted by Crippen LogP contribution is 2.27. The molecule has 5 heteroatoms. The fourth-order valence-corrected chi connectivity index (χ4v) is 5.00. The number of aromatic carboxylic acids is 1. The van der Waals surface area contributed by atoms with Gasteiger partial charge in [-0.1, -0.05) is 86.7 Å². The van der Waals surface area contributed by atoms with Crippen LogP contribution >= 0.6 is 0 Å². The van der Waals surface area contributed by atoms with Gasteiger partial charge in [0.15, 0.2) is 0 Å². The van der Waals surface area contributed by atoms with Crippen molar-refractivity contribution in [2.24, 2.45) is 5.92 Å². The quantitative estimate of drug-likeness (QED) is 0.391. The van der Waals surface area contributed by atoms with Crippen molar-refractivity contribution < 1.29 is 9.90 Å². The molecule has 0 atom stereocenters. The van der Waals surface area contributed by atoms with Crippen LogP contribution in [0.15, 0.2) is 71.7 Å². The van der Waals surface area contributed by atoms with Gasteiger partial charge in [-0.05, 0) is 42.0 Å². The molecule has 0 bridgehead atoms. The molecule has 1 fully saturated rings. The van der Waals surface area contributed by atoms with Crippen molar-refractivity contribution in [1.82, 2.24) is 9.13 Å². The SMILES string of the molecule is C/C=C/Cc1cn(CCC2CCCCC2)c(=O)n1Cc1ccc(-c2ccccc2C(=O)O)cc1. The summed E-state index contributed by atoms with van der Waals surface area (Å²) in [6, 6.07) is 14.9. The van der Waals surface area contributed by atoms with Crippen molar-refractivity contribution in [1.29, 1.82) is 0 Å². The predicted molar refractivity (Wildman–Crippen MR) is 136 cm³/mol. The summed E-state index contributed by atoms with van der Waals surface area (Å²) in [7, 11) is 0. The van der Waals surface area contributed by atoms with Gasteiger partial charge in [-0.25, -0.2) is 9.59 Å². The number of nitrogens with zero attached hydrogens (tertiary/aromatic N) is 2. The predicted octanol–water partition coefficient (Wildman–Crippen LogP) is 6.15. The van der Waals surface area contributed by atoms with Crippen LogP contribution in [0.25, 0.3) is 11.1 Å². The molecular weight excluding hydrogens is 424 g/mol. The molecule has 5 nitrogen and oxygen atoms in total. The lowest BCUT2D eigenvalue weighted by Gasteiger charge is -2.21. The zero-order valence-electron chi connectivity index (χ0n) is 20.0. The average molecular weight is 459 g/mol. The molecule has 34 heavy (non-hydrogen) atoms. The summed E-state index contributed by atoms with van der Waals surface area (Å²) in [5.74, 6) is -0.196. The van der Waals surface area contributed by atoms with E-state index in [-0.39, 0.29) is 11.3 Å². The molecule has 3 aromatic rings. The van der Waals surface area contributed by atoms with Crippen LogP contribution in [-0.2, 0) is 19.5 Å². The van der Waals surface area contributed by atoms with Crippen LogP contribution in [-0.4, -0.2) is 20.2 Å². The van der Waals surface area contributed by atoms with Gasteiger partial charge in [0.1, 0.15) is 0 Å². The first kappa shape index (κ1) is 23.8. The minimum Gasteiger partial charge on any atom is -0.478 e. The van der Waals surface area contributed by atoms with E-state index in [1.165, 1.54) is 32.1 Å². The second kappa shape index (κ2) is 11.2. The van der Waals surface area contributed by atoms with Gasteiger partial charge in [-0.2, -0.15) is 0 Å². The van der Waals surface area contributed by atoms with E-state index < -0.39 is 5.97 Å². The van der Waals surface area contributed by atoms with Gasteiger partial charge < -0.3 is 5.11 Å². The molecule has 1 aliphatic carbocycles. The van der Waals surface area contributed by atoms with Gasteiger partial charge >= 0.3 is 11.7 Å². The molecule has 0 unspecified atom stereocenters. The summed E-state index contributed by atoms with van der Waals surface area (Å²) < 4.78 is 3.77. The van der Waals surface area contributed by atoms with Crippen LogP contribution in [0, 0.1) is 5.92 Å². The van der Waals surface area contributed by atoms with Crippen LogP contribution in [0.5, 0.6) is 0 Å². The highest BCUT2D eigenvalue weighted by molar-refractivity contribution is 5.95. The molecule has 0 amide bonds. The molecular formula is C29H34N2O3. The van der Waals surface area contributed by atoms with Gasteiger partial charge in [-0.3, -0.25) is 9.13 Å². The summed E-state index contributed by atoms with van der Waals surface area (Å²) in [6.07, 6.45) is 14.5. The van der Waals surface area contributed by atoms with E-state index >= 15 is 0 Å². The Bertz CT molecular complexity index is 1190. The normalized spacial score (nSPS) is 14.6. The maximum absolute atomic E-state index is 13.3. The van der Waals surface area contributed by atoms with Crippen LogP contribution < -0.4 is 5.69 Å². The largest absolute Gasteiger partial charge is 0.478 e. The van der Waals surface area contributed by atoms with Gasteiger partial charge in [0.05, 0.1) is 12.1 Å². The zero-order chi connectivity index (χ0) is 23.9. The first-order valence-corrected chi connectivity index (χ1v) is 12.4. The Morgan fingerprint density at radius 2 is 1.79 bits per heavy atom. The Labute approximate surface area is 201 Å². The molecule has 1 aromatic heterocycles. The topological polar surface area (TPSA) is 64.2 Å². The van der Waals surface area contributed by atoms with Crippen LogP contribution in [0.2, 0.25) is 0 Å². The number of benzene rings is 2. The standard InChI is InChI=1S/C29H34N2O3/c1-2-3-11-25-21-30(19-18-22-9-5-4-6-10-22)29(34)31(25)20-23-14-16-24(17-15-23)26-12-7-8-13-27(26)28(32)33/h2-3,7-8,12-17,21-22H,4-6,9-11,18-20H2,1H3,(H,32,33)/b3-2+. The highest BCUT2D eigenvalue weighted by Gasteiger charge is 2.16. The number of carbonyl (C=O) groups is 1. The summed E-state index contributed by atoms with van der Waals surface area (Å²) in [5.41, 5.74) is 3.93. The summed E-state index contributed by atoms with van der Waals surface area (Å²) >= 11 is 0. The van der Waals surface area contributed by atoms with E-state index in [4.69, 9.17) is 0 Å². The number of carboxylic acid groups (broad SMARTS) is 1. The smallest absolute Gasteiger partial charge is 0.336 e. The summed E-state index contributed by atoms with van der Waals surface area (Å²) in [5, 5.41) is 9.49. The molecule has 1 heterocycles. The molecule has 0 radical (unpaired) electrons. The Hall–Kier alpha value is -3.34. The molecule has 178 valence electrons. The number of aryl methyl sites for hydroxylation is 1. The van der Waals surface area contributed by atoms with Crippen molar-refractivity contribution in [2.45, 2.75) is 65.0 Å². The van der Waals surface area contributed by atoms with Crippen LogP contribution in [0.1, 0.15) is 67.1 Å². The minimum absolute atomic E-state index is 0.0515. The van der Waals surface area contributed by atoms with Gasteiger partial charge in [0.2, 0.25) is 0 Å². The third kappa shape index (κ3) is 5.58. The van der Waals surface area contributed by atoms with Crippen LogP contribution in [0.4, 0.5) is 0 Å². The third-order valence-electron chi connectivity index (χ3n) is 6.96. The number of hydrogen-bond acceptors (Lipinski definition) is 2. The molecule has 0 spiro atoms. The van der Waals surface area contributed by atoms with Crippen LogP contribution in [0.3, 0.4) is 0 Å². The number of aromatic nitrogens is 2. The lowest BCUT2D eigenvalue weighted by molar-refractivity contribution is 0.0697. The lowest BCUT2D eigenvalue weighted by Crippen LogP contribution is -2.26. The molecule has 1 N–H and O–H groups in total. The minimum atomic E-state index is -0.936. The number of imidazole rings is 1. The lowest BCUT2D eigenvalue weighted by atomic mass is 9.87. The van der Waals surface area contributed by atoms with E-state index in [0.29, 0.717) is 12.1 Å². The van der Waals surface area contributed by atoms with E-state index in [1.54, 1.807) is 12.1 Å². The number of rotatable bonds is 9. The molecule has 1 aliphatic rings. The number of carboxylic acids is 1. The molecule has 1 saturated carbocycles. The molecule has 0 aliphatic heterocycles. The van der Waals surface area contributed by atoms with Crippen molar-refractivity contribution >= 4 is 5.97 Å². The van der Waals surface area contributed by atoms with Gasteiger partial charge in [0, 0.05) is 24.9 Å². The second-order valence-electron chi connectivity index (χ2n) is 9.30. The number of hydrogen-bond donors (Lipinski definition) is 1. The van der Waals surface area contributed by atoms with E-state index in [2.05, 4.69) is 6.08 Å². The second-order valence-corrected chi connectivity index (χ2v) is 9.30. The van der Waals surface area contributed by atoms with Crippen molar-refractivity contribution in [2.75, 3.05) is 0 Å². The van der Waals surface area contributed by atoms with Gasteiger partial charge in [0.25, 0.3) is 0 Å². The maximum Gasteiger partial charge on any atom is 0.336 e. The Morgan fingerprint density at radius 1 is 1.06 bits per heavy atom. The van der Waals surface area contributed by atoms with E-state index in [0.717, 1.165) is 42.1 Å². The maximum atomic E-state index is 13.3. The molecule has 2 aromatic carbocycles. The first-order chi connectivity index (χ1) is 16.6. The molecule has 0 saturated heterocycles. The Morgan fingerprint density at radius 3 is 2.50 bits per heavy atom. The van der Waals surface area contributed by atoms with E-state index in [1.807, 2.05) is 64.7 Å². The Kier molecular flexibility index (Phi) is 7.84. The average Bonchev–Trinajstić information content (AvgIpc) is 3.16. The van der Waals surface area contributed by atoms with Crippen molar-refractivity contribution in [3.05, 3.63) is 94.2 Å².